The Labute approximate surface area is 394 Å². The Morgan fingerprint density at radius 2 is 1.19 bits per heavy atom. The molecule has 0 spiro atoms. The lowest BCUT2D eigenvalue weighted by Gasteiger charge is -2.28. The molecule has 68 heavy (non-hydrogen) atoms. The van der Waals surface area contributed by atoms with Crippen molar-refractivity contribution in [3.8, 4) is 45.3 Å². The molecule has 12 rings (SSSR count). The van der Waals surface area contributed by atoms with Crippen molar-refractivity contribution in [2.24, 2.45) is 5.92 Å². The van der Waals surface area contributed by atoms with E-state index >= 15 is 0 Å². The monoisotopic (exact) mass is 901 g/mol. The zero-order chi connectivity index (χ0) is 46.1. The predicted molar refractivity (Wildman–Crippen MR) is 273 cm³/mol. The first-order valence-corrected chi connectivity index (χ1v) is 23.8. The normalized spacial score (nSPS) is 14.7. The fourth-order valence-electron chi connectivity index (χ4n) is 9.53. The number of piperidine rings is 2. The van der Waals surface area contributed by atoms with E-state index in [0.717, 1.165) is 150 Å². The van der Waals surface area contributed by atoms with Gasteiger partial charge in [0.05, 0.1) is 69.1 Å². The van der Waals surface area contributed by atoms with Crippen molar-refractivity contribution in [1.29, 1.82) is 0 Å². The van der Waals surface area contributed by atoms with Gasteiger partial charge >= 0.3 is 0 Å². The molecule has 1 atom stereocenters. The molecule has 2 saturated heterocycles. The zero-order valence-corrected chi connectivity index (χ0v) is 38.8. The van der Waals surface area contributed by atoms with Crippen molar-refractivity contribution in [3.05, 3.63) is 116 Å². The van der Waals surface area contributed by atoms with Gasteiger partial charge in [0, 0.05) is 95.5 Å². The van der Waals surface area contributed by atoms with E-state index in [1.807, 2.05) is 61.6 Å². The summed E-state index contributed by atoms with van der Waals surface area (Å²) < 4.78 is 0. The Morgan fingerprint density at radius 3 is 1.76 bits per heavy atom. The summed E-state index contributed by atoms with van der Waals surface area (Å²) in [5, 5.41) is 23.3. The molecule has 1 unspecified atom stereocenters. The van der Waals surface area contributed by atoms with Crippen LogP contribution in [0.4, 0.5) is 17.3 Å². The van der Waals surface area contributed by atoms with E-state index in [1.165, 1.54) is 38.5 Å². The van der Waals surface area contributed by atoms with Gasteiger partial charge in [-0.15, -0.1) is 0 Å². The Balaban J connectivity index is 0.000000151. The topological polar surface area (TPSA) is 185 Å². The van der Waals surface area contributed by atoms with Gasteiger partial charge in [0.25, 0.3) is 0 Å². The number of aromatic amines is 4. The minimum atomic E-state index is 0.383. The van der Waals surface area contributed by atoms with Crippen molar-refractivity contribution in [1.82, 2.24) is 60.3 Å². The molecule has 2 aliphatic rings. The lowest BCUT2D eigenvalue weighted by Crippen LogP contribution is -2.30. The van der Waals surface area contributed by atoms with Gasteiger partial charge < -0.3 is 25.1 Å². The first kappa shape index (κ1) is 42.7. The molecule has 2 aliphatic heterocycles. The van der Waals surface area contributed by atoms with Crippen LogP contribution in [0.5, 0.6) is 0 Å². The van der Waals surface area contributed by atoms with Crippen molar-refractivity contribution >= 4 is 60.9 Å². The number of fused-ring (bicyclic) bond motifs is 4. The zero-order valence-electron chi connectivity index (χ0n) is 38.8. The van der Waals surface area contributed by atoms with Crippen LogP contribution in [0.3, 0.4) is 0 Å². The standard InChI is InChI=1S/C29H32N8.C24H23N7/c1-4-18(2)19(3)33-21-12-20(15-30-16-21)25-13-22-27(17-32-25)35-36-28(22)26-14-23-24(34-26)8-9-31-29(23)37-10-6-5-7-11-37;1-15-5-7-25-13-18(15)20-11-16-22(14-27-20)29-30-23(16)21-12-17-19(28-21)6-8-26-24(17)31-9-3-2-4-10-31/h8-9,12-18,33-34H,3-7,10-11H2,1-2H3,(H,35,36);5-8,11-14,28H,2-4,9-10H2,1H3,(H,29,30). The van der Waals surface area contributed by atoms with Crippen molar-refractivity contribution in [2.45, 2.75) is 65.7 Å². The number of anilines is 3. The highest BCUT2D eigenvalue weighted by atomic mass is 15.2. The van der Waals surface area contributed by atoms with Crippen LogP contribution >= 0.6 is 0 Å². The molecule has 12 heterocycles. The largest absolute Gasteiger partial charge is 0.358 e. The molecule has 15 nitrogen and oxygen atoms in total. The molecule has 2 fully saturated rings. The van der Waals surface area contributed by atoms with E-state index in [0.29, 0.717) is 5.92 Å². The van der Waals surface area contributed by atoms with E-state index in [4.69, 9.17) is 9.97 Å². The second kappa shape index (κ2) is 18.4. The molecule has 10 aromatic heterocycles. The molecule has 0 radical (unpaired) electrons. The van der Waals surface area contributed by atoms with Crippen LogP contribution in [0.25, 0.3) is 88.9 Å². The average molecular weight is 902 g/mol. The molecule has 5 N–H and O–H groups in total. The minimum Gasteiger partial charge on any atom is -0.358 e. The van der Waals surface area contributed by atoms with Gasteiger partial charge in [0.2, 0.25) is 0 Å². The van der Waals surface area contributed by atoms with Gasteiger partial charge in [-0.05, 0) is 112 Å². The highest BCUT2D eigenvalue weighted by Gasteiger charge is 2.21. The highest BCUT2D eigenvalue weighted by molar-refractivity contribution is 6.01. The maximum Gasteiger partial charge on any atom is 0.137 e. The van der Waals surface area contributed by atoms with Gasteiger partial charge in [0.15, 0.2) is 0 Å². The predicted octanol–water partition coefficient (Wildman–Crippen LogP) is 11.4. The fraction of sp³-hybridized carbons (Fsp3) is 0.283. The summed E-state index contributed by atoms with van der Waals surface area (Å²) in [6, 6.07) is 16.7. The first-order chi connectivity index (χ1) is 33.4. The van der Waals surface area contributed by atoms with E-state index in [-0.39, 0.29) is 0 Å². The second-order valence-corrected chi connectivity index (χ2v) is 18.1. The van der Waals surface area contributed by atoms with Gasteiger partial charge in [-0.25, -0.2) is 9.97 Å². The number of aryl methyl sites for hydroxylation is 1. The number of hydrogen-bond acceptors (Lipinski definition) is 11. The third-order valence-corrected chi connectivity index (χ3v) is 13.6. The Kier molecular flexibility index (Phi) is 11.5. The third kappa shape index (κ3) is 8.28. The third-order valence-electron chi connectivity index (χ3n) is 13.6. The summed E-state index contributed by atoms with van der Waals surface area (Å²) in [6.07, 6.45) is 23.3. The fourth-order valence-corrected chi connectivity index (χ4v) is 9.53. The number of rotatable bonds is 10. The lowest BCUT2D eigenvalue weighted by molar-refractivity contribution is 0.575. The molecule has 0 aliphatic carbocycles. The Morgan fingerprint density at radius 1 is 0.618 bits per heavy atom. The van der Waals surface area contributed by atoms with Crippen LogP contribution in [-0.4, -0.2) is 86.4 Å². The van der Waals surface area contributed by atoms with Crippen molar-refractivity contribution in [3.63, 3.8) is 0 Å². The van der Waals surface area contributed by atoms with Crippen LogP contribution in [0, 0.1) is 12.8 Å². The number of aromatic nitrogens is 12. The summed E-state index contributed by atoms with van der Waals surface area (Å²) in [5.74, 6) is 2.50. The summed E-state index contributed by atoms with van der Waals surface area (Å²) in [5.41, 5.74) is 14.4. The number of nitrogens with one attached hydrogen (secondary N) is 5. The summed E-state index contributed by atoms with van der Waals surface area (Å²) >= 11 is 0. The molecule has 0 amide bonds. The molecule has 0 saturated carbocycles. The summed E-state index contributed by atoms with van der Waals surface area (Å²) in [7, 11) is 0. The molecule has 15 heteroatoms. The molecular weight excluding hydrogens is 847 g/mol. The van der Waals surface area contributed by atoms with Gasteiger partial charge in [0.1, 0.15) is 23.0 Å². The number of pyridine rings is 6. The van der Waals surface area contributed by atoms with Gasteiger partial charge in [-0.3, -0.25) is 30.1 Å². The maximum absolute atomic E-state index is 4.73. The summed E-state index contributed by atoms with van der Waals surface area (Å²) in [6.45, 7) is 14.8. The Hall–Kier alpha value is -7.94. The average Bonchev–Trinajstić information content (AvgIpc) is 4.21. The smallest absolute Gasteiger partial charge is 0.137 e. The van der Waals surface area contributed by atoms with Gasteiger partial charge in [-0.1, -0.05) is 20.4 Å². The van der Waals surface area contributed by atoms with E-state index < -0.39 is 0 Å². The summed E-state index contributed by atoms with van der Waals surface area (Å²) in [4.78, 5) is 39.4. The molecule has 342 valence electrons. The molecule has 0 aromatic carbocycles. The number of H-pyrrole nitrogens is 4. The van der Waals surface area contributed by atoms with Crippen LogP contribution < -0.4 is 15.1 Å². The van der Waals surface area contributed by atoms with Crippen LogP contribution in [0.15, 0.2) is 110 Å². The van der Waals surface area contributed by atoms with Crippen molar-refractivity contribution < 1.29 is 0 Å². The maximum atomic E-state index is 4.73. The van der Waals surface area contributed by atoms with Crippen LogP contribution in [0.1, 0.15) is 64.4 Å². The highest BCUT2D eigenvalue weighted by Crippen LogP contribution is 2.36. The molecular formula is C53H55N15. The first-order valence-electron chi connectivity index (χ1n) is 23.8. The minimum absolute atomic E-state index is 0.383. The number of hydrogen-bond donors (Lipinski definition) is 5. The Bertz CT molecular complexity index is 3420. The van der Waals surface area contributed by atoms with E-state index in [1.54, 1.807) is 6.20 Å². The second-order valence-electron chi connectivity index (χ2n) is 18.1. The number of nitrogens with zero attached hydrogens (tertiary/aromatic N) is 10. The molecule has 10 aromatic rings. The number of allylic oxidation sites excluding steroid dienone is 1. The SMILES string of the molecule is C=C(Nc1cncc(-c2cc3c(-c4cc5c(N6CCCCC6)nccc5[nH]4)n[nH]c3cn2)c1)C(C)CC.Cc1ccncc1-c1cc2c(-c3cc4c(N5CCCCC5)nccc4[nH]3)n[nH]c2cn1. The van der Waals surface area contributed by atoms with Gasteiger partial charge in [-0.2, -0.15) is 10.2 Å². The van der Waals surface area contributed by atoms with Crippen LogP contribution in [-0.2, 0) is 0 Å². The van der Waals surface area contributed by atoms with E-state index in [9.17, 15) is 0 Å². The van der Waals surface area contributed by atoms with Crippen molar-refractivity contribution in [2.75, 3.05) is 41.3 Å². The lowest BCUT2D eigenvalue weighted by atomic mass is 10.1. The molecule has 0 bridgehead atoms. The quantitative estimate of drug-likeness (QED) is 0.0880. The van der Waals surface area contributed by atoms with E-state index in [2.05, 4.69) is 123 Å². The van der Waals surface area contributed by atoms with Crippen LogP contribution in [0.2, 0.25) is 0 Å².